The first kappa shape index (κ1) is 12.6. The number of hydrogen-bond acceptors (Lipinski definition) is 6. The lowest BCUT2D eigenvalue weighted by molar-refractivity contribution is 0.291. The van der Waals surface area contributed by atoms with E-state index in [0.29, 0.717) is 19.1 Å². The molecule has 0 saturated heterocycles. The predicted octanol–water partition coefficient (Wildman–Crippen LogP) is 1.65. The molecule has 0 atom stereocenters. The van der Waals surface area contributed by atoms with Crippen molar-refractivity contribution in [1.29, 1.82) is 0 Å². The standard InChI is InChI=1S/C10H13ClN6O/c1-2-5-18-10-16-8(11)15-9(17-10)14-6-7-12-3-4-13-7/h3-4H,2,5-6H2,1H3,(H,12,13)(H,14,15,16,17). The maximum atomic E-state index is 5.78. The number of aromatic nitrogens is 5. The number of aromatic amines is 1. The zero-order chi connectivity index (χ0) is 12.8. The summed E-state index contributed by atoms with van der Waals surface area (Å²) >= 11 is 5.78. The number of ether oxygens (including phenoxy) is 1. The molecule has 0 fully saturated rings. The van der Waals surface area contributed by atoms with Gasteiger partial charge in [0.25, 0.3) is 0 Å². The smallest absolute Gasteiger partial charge is 0.322 e. The van der Waals surface area contributed by atoms with Gasteiger partial charge in [-0.2, -0.15) is 15.0 Å². The van der Waals surface area contributed by atoms with Crippen LogP contribution in [0.2, 0.25) is 5.28 Å². The summed E-state index contributed by atoms with van der Waals surface area (Å²) in [5.41, 5.74) is 0. The van der Waals surface area contributed by atoms with E-state index in [0.717, 1.165) is 12.2 Å². The molecule has 2 aromatic heterocycles. The fourth-order valence-corrected chi connectivity index (χ4v) is 1.38. The van der Waals surface area contributed by atoms with Crippen molar-refractivity contribution in [3.63, 3.8) is 0 Å². The van der Waals surface area contributed by atoms with Crippen molar-refractivity contribution in [2.75, 3.05) is 11.9 Å². The molecule has 0 aromatic carbocycles. The zero-order valence-corrected chi connectivity index (χ0v) is 10.6. The third-order valence-electron chi connectivity index (χ3n) is 1.99. The van der Waals surface area contributed by atoms with Crippen LogP contribution in [-0.2, 0) is 6.54 Å². The Hall–Kier alpha value is -1.89. The van der Waals surface area contributed by atoms with Crippen LogP contribution in [0.5, 0.6) is 6.01 Å². The van der Waals surface area contributed by atoms with Crippen molar-refractivity contribution in [3.8, 4) is 6.01 Å². The molecule has 0 radical (unpaired) electrons. The fourth-order valence-electron chi connectivity index (χ4n) is 1.23. The number of rotatable bonds is 6. The predicted molar refractivity (Wildman–Crippen MR) is 66.5 cm³/mol. The molecule has 0 saturated carbocycles. The first-order chi connectivity index (χ1) is 8.78. The summed E-state index contributed by atoms with van der Waals surface area (Å²) < 4.78 is 5.30. The summed E-state index contributed by atoms with van der Waals surface area (Å²) in [5, 5.41) is 3.08. The van der Waals surface area contributed by atoms with E-state index in [-0.39, 0.29) is 11.3 Å². The summed E-state index contributed by atoms with van der Waals surface area (Å²) in [7, 11) is 0. The molecule has 2 aromatic rings. The highest BCUT2D eigenvalue weighted by Crippen LogP contribution is 2.11. The number of halogens is 1. The molecule has 2 N–H and O–H groups in total. The van der Waals surface area contributed by atoms with E-state index in [1.165, 1.54) is 0 Å². The van der Waals surface area contributed by atoms with Crippen LogP contribution in [0.15, 0.2) is 12.4 Å². The average Bonchev–Trinajstić information content (AvgIpc) is 2.86. The van der Waals surface area contributed by atoms with Gasteiger partial charge in [-0.05, 0) is 18.0 Å². The van der Waals surface area contributed by atoms with Crippen LogP contribution in [0.1, 0.15) is 19.2 Å². The quantitative estimate of drug-likeness (QED) is 0.828. The molecule has 8 heteroatoms. The highest BCUT2D eigenvalue weighted by atomic mass is 35.5. The SMILES string of the molecule is CCCOc1nc(Cl)nc(NCc2ncc[nH]2)n1. The van der Waals surface area contributed by atoms with Gasteiger partial charge in [0.15, 0.2) is 0 Å². The van der Waals surface area contributed by atoms with Gasteiger partial charge < -0.3 is 15.0 Å². The lowest BCUT2D eigenvalue weighted by atomic mass is 10.5. The van der Waals surface area contributed by atoms with Gasteiger partial charge in [-0.1, -0.05) is 6.92 Å². The van der Waals surface area contributed by atoms with Crippen molar-refractivity contribution in [2.24, 2.45) is 0 Å². The van der Waals surface area contributed by atoms with Gasteiger partial charge in [0.1, 0.15) is 5.82 Å². The Balaban J connectivity index is 2.00. The number of nitrogens with zero attached hydrogens (tertiary/aromatic N) is 4. The maximum Gasteiger partial charge on any atom is 0.322 e. The third-order valence-corrected chi connectivity index (χ3v) is 2.16. The molecular formula is C10H13ClN6O. The van der Waals surface area contributed by atoms with E-state index in [2.05, 4.69) is 30.2 Å². The second-order valence-electron chi connectivity index (χ2n) is 3.45. The number of imidazole rings is 1. The van der Waals surface area contributed by atoms with Gasteiger partial charge in [-0.3, -0.25) is 0 Å². The molecule has 7 nitrogen and oxygen atoms in total. The van der Waals surface area contributed by atoms with Crippen molar-refractivity contribution in [3.05, 3.63) is 23.5 Å². The van der Waals surface area contributed by atoms with Gasteiger partial charge in [-0.15, -0.1) is 0 Å². The van der Waals surface area contributed by atoms with Crippen molar-refractivity contribution >= 4 is 17.5 Å². The van der Waals surface area contributed by atoms with Gasteiger partial charge in [-0.25, -0.2) is 4.98 Å². The molecule has 0 aliphatic rings. The van der Waals surface area contributed by atoms with Gasteiger partial charge in [0, 0.05) is 12.4 Å². The lowest BCUT2D eigenvalue weighted by Crippen LogP contribution is -2.08. The molecule has 2 heterocycles. The maximum absolute atomic E-state index is 5.78. The Morgan fingerprint density at radius 3 is 3.00 bits per heavy atom. The number of hydrogen-bond donors (Lipinski definition) is 2. The third kappa shape index (κ3) is 3.56. The summed E-state index contributed by atoms with van der Waals surface area (Å²) in [6.45, 7) is 3.01. The minimum atomic E-state index is 0.0954. The van der Waals surface area contributed by atoms with Crippen LogP contribution in [0.4, 0.5) is 5.95 Å². The molecule has 0 amide bonds. The molecule has 0 aliphatic carbocycles. The van der Waals surface area contributed by atoms with E-state index >= 15 is 0 Å². The second kappa shape index (κ2) is 6.15. The Labute approximate surface area is 109 Å². The largest absolute Gasteiger partial charge is 0.463 e. The average molecular weight is 269 g/mol. The minimum Gasteiger partial charge on any atom is -0.463 e. The monoisotopic (exact) mass is 268 g/mol. The fraction of sp³-hybridized carbons (Fsp3) is 0.400. The van der Waals surface area contributed by atoms with Crippen LogP contribution >= 0.6 is 11.6 Å². The summed E-state index contributed by atoms with van der Waals surface area (Å²) in [6.07, 6.45) is 4.29. The van der Waals surface area contributed by atoms with Crippen LogP contribution in [0.25, 0.3) is 0 Å². The number of anilines is 1. The molecule has 96 valence electrons. The Kier molecular flexibility index (Phi) is 4.30. The molecule has 0 aliphatic heterocycles. The lowest BCUT2D eigenvalue weighted by Gasteiger charge is -2.06. The Morgan fingerprint density at radius 2 is 2.28 bits per heavy atom. The van der Waals surface area contributed by atoms with Crippen molar-refractivity contribution in [1.82, 2.24) is 24.9 Å². The van der Waals surface area contributed by atoms with E-state index in [4.69, 9.17) is 16.3 Å². The number of H-pyrrole nitrogens is 1. The first-order valence-corrected chi connectivity index (χ1v) is 5.92. The van der Waals surface area contributed by atoms with Crippen LogP contribution in [-0.4, -0.2) is 31.5 Å². The first-order valence-electron chi connectivity index (χ1n) is 5.54. The molecule has 0 bridgehead atoms. The molecule has 18 heavy (non-hydrogen) atoms. The molecule has 2 rings (SSSR count). The van der Waals surface area contributed by atoms with E-state index in [1.54, 1.807) is 12.4 Å². The normalized spacial score (nSPS) is 10.3. The van der Waals surface area contributed by atoms with Crippen molar-refractivity contribution in [2.45, 2.75) is 19.9 Å². The summed E-state index contributed by atoms with van der Waals surface area (Å²) in [4.78, 5) is 18.9. The van der Waals surface area contributed by atoms with Crippen LogP contribution < -0.4 is 10.1 Å². The molecular weight excluding hydrogens is 256 g/mol. The Morgan fingerprint density at radius 1 is 1.39 bits per heavy atom. The molecule has 0 spiro atoms. The summed E-state index contributed by atoms with van der Waals surface area (Å²) in [6, 6.07) is 0.221. The van der Waals surface area contributed by atoms with Gasteiger partial charge >= 0.3 is 6.01 Å². The van der Waals surface area contributed by atoms with Gasteiger partial charge in [0.05, 0.1) is 13.2 Å². The second-order valence-corrected chi connectivity index (χ2v) is 3.79. The highest BCUT2D eigenvalue weighted by molar-refractivity contribution is 6.28. The Bertz CT molecular complexity index is 489. The van der Waals surface area contributed by atoms with E-state index < -0.39 is 0 Å². The van der Waals surface area contributed by atoms with E-state index in [9.17, 15) is 0 Å². The van der Waals surface area contributed by atoms with Crippen LogP contribution in [0.3, 0.4) is 0 Å². The molecule has 0 unspecified atom stereocenters. The minimum absolute atomic E-state index is 0.0954. The number of nitrogens with one attached hydrogen (secondary N) is 2. The summed E-state index contributed by atoms with van der Waals surface area (Å²) in [5.74, 6) is 1.14. The highest BCUT2D eigenvalue weighted by Gasteiger charge is 2.06. The van der Waals surface area contributed by atoms with Gasteiger partial charge in [0.2, 0.25) is 11.2 Å². The van der Waals surface area contributed by atoms with Crippen LogP contribution in [0, 0.1) is 0 Å². The zero-order valence-electron chi connectivity index (χ0n) is 9.85. The van der Waals surface area contributed by atoms with Crippen molar-refractivity contribution < 1.29 is 4.74 Å². The van der Waals surface area contributed by atoms with E-state index in [1.807, 2.05) is 6.92 Å². The topological polar surface area (TPSA) is 88.6 Å².